The third kappa shape index (κ3) is 6.81. The van der Waals surface area contributed by atoms with E-state index >= 15 is 0 Å². The Morgan fingerprint density at radius 1 is 0.788 bits per heavy atom. The number of carboxylic acids is 1. The van der Waals surface area contributed by atoms with Crippen molar-refractivity contribution in [3.8, 4) is 0 Å². The van der Waals surface area contributed by atoms with Gasteiger partial charge in [-0.15, -0.1) is 0 Å². The molecule has 33 heavy (non-hydrogen) atoms. The Morgan fingerprint density at radius 2 is 1.36 bits per heavy atom. The number of rotatable bonds is 9. The summed E-state index contributed by atoms with van der Waals surface area (Å²) >= 11 is 11.9. The molecule has 170 valence electrons. The lowest BCUT2D eigenvalue weighted by atomic mass is 9.98. The molecule has 0 spiro atoms. The quantitative estimate of drug-likeness (QED) is 0.403. The fraction of sp³-hybridized carbons (Fsp3) is 0.160. The predicted molar refractivity (Wildman–Crippen MR) is 127 cm³/mol. The number of amides is 2. The molecule has 0 aliphatic heterocycles. The Labute approximate surface area is 201 Å². The summed E-state index contributed by atoms with van der Waals surface area (Å²) in [5.74, 6) is -2.13. The summed E-state index contributed by atoms with van der Waals surface area (Å²) in [4.78, 5) is 37.1. The van der Waals surface area contributed by atoms with Gasteiger partial charge in [0.2, 0.25) is 5.91 Å². The Morgan fingerprint density at radius 3 is 1.88 bits per heavy atom. The van der Waals surface area contributed by atoms with Crippen LogP contribution in [0.5, 0.6) is 0 Å². The van der Waals surface area contributed by atoms with Crippen LogP contribution in [-0.4, -0.2) is 28.9 Å². The summed E-state index contributed by atoms with van der Waals surface area (Å²) in [5, 5.41) is 15.2. The van der Waals surface area contributed by atoms with E-state index in [1.807, 2.05) is 60.7 Å². The molecule has 8 heteroatoms. The van der Waals surface area contributed by atoms with Gasteiger partial charge in [-0.1, -0.05) is 83.9 Å². The molecule has 3 aromatic rings. The van der Waals surface area contributed by atoms with Crippen LogP contribution in [0.4, 0.5) is 0 Å². The lowest BCUT2D eigenvalue weighted by Gasteiger charge is -2.24. The summed E-state index contributed by atoms with van der Waals surface area (Å²) in [5.41, 5.74) is 1.91. The van der Waals surface area contributed by atoms with Crippen LogP contribution < -0.4 is 10.6 Å². The van der Waals surface area contributed by atoms with Crippen LogP contribution in [0, 0.1) is 0 Å². The van der Waals surface area contributed by atoms with Crippen molar-refractivity contribution in [3.63, 3.8) is 0 Å². The maximum atomic E-state index is 13.2. The minimum absolute atomic E-state index is 0.0788. The van der Waals surface area contributed by atoms with Gasteiger partial charge in [-0.25, -0.2) is 0 Å². The zero-order valence-corrected chi connectivity index (χ0v) is 19.0. The molecule has 2 amide bonds. The predicted octanol–water partition coefficient (Wildman–Crippen LogP) is 4.86. The van der Waals surface area contributed by atoms with Crippen molar-refractivity contribution in [2.24, 2.45) is 0 Å². The normalized spacial score (nSPS) is 11.6. The molecule has 0 aromatic heterocycles. The van der Waals surface area contributed by atoms with E-state index in [-0.39, 0.29) is 23.4 Å². The third-order valence-corrected chi connectivity index (χ3v) is 5.74. The summed E-state index contributed by atoms with van der Waals surface area (Å²) in [7, 11) is 0. The highest BCUT2D eigenvalue weighted by atomic mass is 35.5. The Kier molecular flexibility index (Phi) is 8.46. The second-order valence-electron chi connectivity index (χ2n) is 7.35. The van der Waals surface area contributed by atoms with Crippen molar-refractivity contribution in [2.75, 3.05) is 0 Å². The van der Waals surface area contributed by atoms with E-state index in [9.17, 15) is 14.4 Å². The Balaban J connectivity index is 1.84. The molecule has 0 aliphatic carbocycles. The maximum absolute atomic E-state index is 13.2. The average molecular weight is 485 g/mol. The summed E-state index contributed by atoms with van der Waals surface area (Å²) in [6.45, 7) is 0. The number of hydrogen-bond donors (Lipinski definition) is 3. The molecule has 0 saturated carbocycles. The zero-order chi connectivity index (χ0) is 23.8. The van der Waals surface area contributed by atoms with Gasteiger partial charge in [0.05, 0.1) is 16.1 Å². The molecule has 3 rings (SSSR count). The highest BCUT2D eigenvalue weighted by Gasteiger charge is 2.26. The van der Waals surface area contributed by atoms with E-state index in [2.05, 4.69) is 10.6 Å². The van der Waals surface area contributed by atoms with Crippen molar-refractivity contribution in [2.45, 2.75) is 24.9 Å². The van der Waals surface area contributed by atoms with Crippen LogP contribution >= 0.6 is 23.2 Å². The van der Waals surface area contributed by atoms with Gasteiger partial charge in [-0.05, 0) is 35.7 Å². The third-order valence-electron chi connectivity index (χ3n) is 5.00. The molecule has 3 N–H and O–H groups in total. The molecule has 3 aromatic carbocycles. The van der Waals surface area contributed by atoms with Crippen molar-refractivity contribution < 1.29 is 19.5 Å². The standard InChI is InChI=1S/C25H22Cl2N2O4/c26-19-12-11-18(15-20(19)27)24(32)28-21(13-14-22(30)31)25(33)29-23(16-7-3-1-4-8-16)17-9-5-2-6-10-17/h1-12,15,21,23H,13-14H2,(H,28,32)(H,29,33)(H,30,31)/t21-/m0/s1. The number of carboxylic acid groups (broad SMARTS) is 1. The molecule has 1 atom stereocenters. The average Bonchev–Trinajstić information content (AvgIpc) is 2.82. The second-order valence-corrected chi connectivity index (χ2v) is 8.16. The molecule has 0 unspecified atom stereocenters. The number of carbonyl (C=O) groups excluding carboxylic acids is 2. The van der Waals surface area contributed by atoms with Crippen molar-refractivity contribution >= 4 is 41.0 Å². The first-order valence-electron chi connectivity index (χ1n) is 10.2. The minimum Gasteiger partial charge on any atom is -0.481 e. The fourth-order valence-electron chi connectivity index (χ4n) is 3.31. The summed E-state index contributed by atoms with van der Waals surface area (Å²) in [6, 6.07) is 21.6. The molecule has 0 heterocycles. The molecule has 0 bridgehead atoms. The SMILES string of the molecule is O=C(O)CC[C@H](NC(=O)c1ccc(Cl)c(Cl)c1)C(=O)NC(c1ccccc1)c1ccccc1. The molecule has 0 fully saturated rings. The van der Waals surface area contributed by atoms with Gasteiger partial charge in [0, 0.05) is 12.0 Å². The highest BCUT2D eigenvalue weighted by Crippen LogP contribution is 2.24. The Bertz CT molecular complexity index is 1080. The first-order chi connectivity index (χ1) is 15.8. The number of nitrogens with one attached hydrogen (secondary N) is 2. The molecular weight excluding hydrogens is 463 g/mol. The van der Waals surface area contributed by atoms with Crippen LogP contribution in [0.2, 0.25) is 10.0 Å². The van der Waals surface area contributed by atoms with E-state index in [1.165, 1.54) is 18.2 Å². The van der Waals surface area contributed by atoms with Gasteiger partial charge in [0.1, 0.15) is 6.04 Å². The van der Waals surface area contributed by atoms with Crippen LogP contribution in [0.25, 0.3) is 0 Å². The van der Waals surface area contributed by atoms with E-state index in [4.69, 9.17) is 28.3 Å². The number of benzene rings is 3. The first-order valence-corrected chi connectivity index (χ1v) is 11.0. The number of hydrogen-bond acceptors (Lipinski definition) is 3. The van der Waals surface area contributed by atoms with Crippen LogP contribution in [0.15, 0.2) is 78.9 Å². The fourth-order valence-corrected chi connectivity index (χ4v) is 3.61. The van der Waals surface area contributed by atoms with Gasteiger partial charge in [-0.3, -0.25) is 14.4 Å². The van der Waals surface area contributed by atoms with Crippen molar-refractivity contribution in [3.05, 3.63) is 106 Å². The minimum atomic E-state index is -1.07. The van der Waals surface area contributed by atoms with Crippen molar-refractivity contribution in [1.29, 1.82) is 0 Å². The van der Waals surface area contributed by atoms with Crippen LogP contribution in [0.1, 0.15) is 40.4 Å². The second kappa shape index (κ2) is 11.5. The van der Waals surface area contributed by atoms with E-state index in [0.29, 0.717) is 5.02 Å². The van der Waals surface area contributed by atoms with Gasteiger partial charge in [0.25, 0.3) is 5.91 Å². The summed E-state index contributed by atoms with van der Waals surface area (Å²) < 4.78 is 0. The molecule has 0 saturated heterocycles. The maximum Gasteiger partial charge on any atom is 0.303 e. The molecule has 0 aliphatic rings. The van der Waals surface area contributed by atoms with E-state index in [0.717, 1.165) is 11.1 Å². The van der Waals surface area contributed by atoms with Crippen LogP contribution in [0.3, 0.4) is 0 Å². The van der Waals surface area contributed by atoms with E-state index < -0.39 is 29.9 Å². The lowest BCUT2D eigenvalue weighted by Crippen LogP contribution is -2.48. The zero-order valence-electron chi connectivity index (χ0n) is 17.5. The molecule has 6 nitrogen and oxygen atoms in total. The summed E-state index contributed by atoms with van der Waals surface area (Å²) in [6.07, 6.45) is -0.369. The number of carbonyl (C=O) groups is 3. The van der Waals surface area contributed by atoms with Gasteiger partial charge < -0.3 is 15.7 Å². The first kappa shape index (κ1) is 24.3. The monoisotopic (exact) mass is 484 g/mol. The topological polar surface area (TPSA) is 95.5 Å². The highest BCUT2D eigenvalue weighted by molar-refractivity contribution is 6.42. The van der Waals surface area contributed by atoms with Gasteiger partial charge in [0.15, 0.2) is 0 Å². The van der Waals surface area contributed by atoms with Crippen LogP contribution in [-0.2, 0) is 9.59 Å². The van der Waals surface area contributed by atoms with Gasteiger partial charge in [-0.2, -0.15) is 0 Å². The molecular formula is C25H22Cl2N2O4. The number of aliphatic carboxylic acids is 1. The largest absolute Gasteiger partial charge is 0.481 e. The smallest absolute Gasteiger partial charge is 0.303 e. The van der Waals surface area contributed by atoms with Gasteiger partial charge >= 0.3 is 5.97 Å². The molecule has 0 radical (unpaired) electrons. The lowest BCUT2D eigenvalue weighted by molar-refractivity contribution is -0.137. The van der Waals surface area contributed by atoms with Crippen molar-refractivity contribution in [1.82, 2.24) is 10.6 Å². The number of halogens is 2. The Hall–Kier alpha value is -3.35. The van der Waals surface area contributed by atoms with E-state index in [1.54, 1.807) is 0 Å².